The first-order chi connectivity index (χ1) is 8.56. The third-order valence-electron chi connectivity index (χ3n) is 2.36. The number of nitrogens with two attached hydrogens (primary N) is 1. The summed E-state index contributed by atoms with van der Waals surface area (Å²) in [5.41, 5.74) is 6.99. The number of thiocarbonyl (C=S) groups is 1. The number of rotatable bonds is 3. The van der Waals surface area contributed by atoms with Gasteiger partial charge in [-0.25, -0.2) is 4.39 Å². The predicted molar refractivity (Wildman–Crippen MR) is 77.0 cm³/mol. The summed E-state index contributed by atoms with van der Waals surface area (Å²) in [5, 5.41) is 3.52. The Bertz CT molecular complexity index is 601. The molecule has 2 nitrogen and oxygen atoms in total. The van der Waals surface area contributed by atoms with Gasteiger partial charge in [0.2, 0.25) is 0 Å². The van der Waals surface area contributed by atoms with Gasteiger partial charge in [-0.2, -0.15) is 0 Å². The molecule has 0 saturated heterocycles. The maximum atomic E-state index is 13.8. The largest absolute Gasteiger partial charge is 0.389 e. The summed E-state index contributed by atoms with van der Waals surface area (Å²) in [4.78, 5) is 0.170. The van der Waals surface area contributed by atoms with Crippen molar-refractivity contribution in [1.82, 2.24) is 0 Å². The van der Waals surface area contributed by atoms with Crippen LogP contribution in [0, 0.1) is 5.82 Å². The Morgan fingerprint density at radius 1 is 1.22 bits per heavy atom. The zero-order chi connectivity index (χ0) is 13.1. The van der Waals surface area contributed by atoms with Gasteiger partial charge in [0.1, 0.15) is 10.8 Å². The molecule has 0 aromatic heterocycles. The minimum Gasteiger partial charge on any atom is -0.389 e. The second kappa shape index (κ2) is 5.33. The van der Waals surface area contributed by atoms with E-state index >= 15 is 0 Å². The van der Waals surface area contributed by atoms with Crippen LogP contribution in [0.25, 0.3) is 0 Å². The van der Waals surface area contributed by atoms with E-state index in [1.165, 1.54) is 6.07 Å². The van der Waals surface area contributed by atoms with Gasteiger partial charge in [-0.15, -0.1) is 0 Å². The molecule has 0 atom stereocenters. The molecule has 18 heavy (non-hydrogen) atoms. The normalized spacial score (nSPS) is 10.1. The Labute approximate surface area is 115 Å². The minimum absolute atomic E-state index is 0.170. The zero-order valence-electron chi connectivity index (χ0n) is 9.28. The molecule has 0 unspecified atom stereocenters. The van der Waals surface area contributed by atoms with Crippen LogP contribution in [0.15, 0.2) is 42.5 Å². The van der Waals surface area contributed by atoms with Gasteiger partial charge in [0, 0.05) is 16.3 Å². The fourth-order valence-electron chi connectivity index (χ4n) is 1.49. The molecule has 0 amide bonds. The van der Waals surface area contributed by atoms with Crippen molar-refractivity contribution in [2.75, 3.05) is 5.32 Å². The Hall–Kier alpha value is -1.65. The van der Waals surface area contributed by atoms with Crippen molar-refractivity contribution >= 4 is 40.2 Å². The first-order valence-corrected chi connectivity index (χ1v) is 5.97. The van der Waals surface area contributed by atoms with Crippen molar-refractivity contribution in [2.24, 2.45) is 5.73 Å². The van der Waals surface area contributed by atoms with Gasteiger partial charge in [-0.1, -0.05) is 29.9 Å². The number of benzene rings is 2. The quantitative estimate of drug-likeness (QED) is 0.839. The predicted octanol–water partition coefficient (Wildman–Crippen LogP) is 3.86. The van der Waals surface area contributed by atoms with E-state index in [1.807, 2.05) is 0 Å². The van der Waals surface area contributed by atoms with Gasteiger partial charge in [-0.05, 0) is 36.4 Å². The second-order valence-electron chi connectivity index (χ2n) is 3.69. The van der Waals surface area contributed by atoms with Crippen LogP contribution in [0.4, 0.5) is 15.8 Å². The molecule has 0 aliphatic heterocycles. The lowest BCUT2D eigenvalue weighted by molar-refractivity contribution is 0.631. The first-order valence-electron chi connectivity index (χ1n) is 5.18. The van der Waals surface area contributed by atoms with E-state index in [4.69, 9.17) is 29.6 Å². The van der Waals surface area contributed by atoms with E-state index in [0.29, 0.717) is 22.0 Å². The van der Waals surface area contributed by atoms with Gasteiger partial charge >= 0.3 is 0 Å². The molecule has 0 fully saturated rings. The molecular weight excluding hydrogens is 271 g/mol. The lowest BCUT2D eigenvalue weighted by Crippen LogP contribution is -2.09. The average molecular weight is 281 g/mol. The SMILES string of the molecule is NC(=S)c1ccc(Nc2cccc(Cl)c2)c(F)c1. The first kappa shape index (κ1) is 12.8. The molecule has 0 bridgehead atoms. The van der Waals surface area contributed by atoms with Crippen molar-refractivity contribution in [3.8, 4) is 0 Å². The fraction of sp³-hybridized carbons (Fsp3) is 0. The summed E-state index contributed by atoms with van der Waals surface area (Å²) < 4.78 is 13.8. The molecule has 92 valence electrons. The fourth-order valence-corrected chi connectivity index (χ4v) is 1.81. The number of halogens is 2. The summed E-state index contributed by atoms with van der Waals surface area (Å²) in [6, 6.07) is 11.6. The van der Waals surface area contributed by atoms with Crippen LogP contribution in [0.5, 0.6) is 0 Å². The maximum absolute atomic E-state index is 13.8. The van der Waals surface area contributed by atoms with Gasteiger partial charge in [0.05, 0.1) is 5.69 Å². The van der Waals surface area contributed by atoms with Crippen molar-refractivity contribution in [1.29, 1.82) is 0 Å². The highest BCUT2D eigenvalue weighted by Gasteiger charge is 2.05. The van der Waals surface area contributed by atoms with Crippen LogP contribution in [-0.4, -0.2) is 4.99 Å². The topological polar surface area (TPSA) is 38.0 Å². The number of nitrogens with one attached hydrogen (secondary N) is 1. The van der Waals surface area contributed by atoms with Crippen LogP contribution in [0.1, 0.15) is 5.56 Å². The van der Waals surface area contributed by atoms with Crippen LogP contribution in [-0.2, 0) is 0 Å². The highest BCUT2D eigenvalue weighted by molar-refractivity contribution is 7.80. The summed E-state index contributed by atoms with van der Waals surface area (Å²) in [5.74, 6) is -0.416. The lowest BCUT2D eigenvalue weighted by Gasteiger charge is -2.09. The van der Waals surface area contributed by atoms with Crippen molar-refractivity contribution in [3.05, 3.63) is 58.9 Å². The Morgan fingerprint density at radius 2 is 2.00 bits per heavy atom. The molecule has 3 N–H and O–H groups in total. The van der Waals surface area contributed by atoms with E-state index in [9.17, 15) is 4.39 Å². The van der Waals surface area contributed by atoms with E-state index in [1.54, 1.807) is 36.4 Å². The third kappa shape index (κ3) is 2.97. The Morgan fingerprint density at radius 3 is 2.61 bits per heavy atom. The minimum atomic E-state index is -0.416. The lowest BCUT2D eigenvalue weighted by atomic mass is 10.2. The summed E-state index contributed by atoms with van der Waals surface area (Å²) in [6.07, 6.45) is 0. The summed E-state index contributed by atoms with van der Waals surface area (Å²) in [6.45, 7) is 0. The smallest absolute Gasteiger partial charge is 0.147 e. The molecule has 0 spiro atoms. The number of hydrogen-bond donors (Lipinski definition) is 2. The molecular formula is C13H10ClFN2S. The monoisotopic (exact) mass is 280 g/mol. The summed E-state index contributed by atoms with van der Waals surface area (Å²) >= 11 is 10.6. The van der Waals surface area contributed by atoms with Crippen LogP contribution < -0.4 is 11.1 Å². The Balaban J connectivity index is 2.27. The third-order valence-corrected chi connectivity index (χ3v) is 2.83. The van der Waals surface area contributed by atoms with Gasteiger partial charge < -0.3 is 11.1 Å². The van der Waals surface area contributed by atoms with Crippen LogP contribution >= 0.6 is 23.8 Å². The highest BCUT2D eigenvalue weighted by Crippen LogP contribution is 2.23. The van der Waals surface area contributed by atoms with Crippen LogP contribution in [0.3, 0.4) is 0 Å². The van der Waals surface area contributed by atoms with E-state index in [-0.39, 0.29) is 4.99 Å². The van der Waals surface area contributed by atoms with Gasteiger partial charge in [0.25, 0.3) is 0 Å². The zero-order valence-corrected chi connectivity index (χ0v) is 10.9. The van der Waals surface area contributed by atoms with Gasteiger partial charge in [0.15, 0.2) is 0 Å². The van der Waals surface area contributed by atoms with Crippen molar-refractivity contribution in [3.63, 3.8) is 0 Å². The molecule has 2 aromatic rings. The second-order valence-corrected chi connectivity index (χ2v) is 4.57. The molecule has 2 aromatic carbocycles. The molecule has 0 aliphatic rings. The highest BCUT2D eigenvalue weighted by atomic mass is 35.5. The maximum Gasteiger partial charge on any atom is 0.147 e. The van der Waals surface area contributed by atoms with E-state index in [0.717, 1.165) is 0 Å². The van der Waals surface area contributed by atoms with Crippen molar-refractivity contribution in [2.45, 2.75) is 0 Å². The molecule has 0 heterocycles. The van der Waals surface area contributed by atoms with Gasteiger partial charge in [-0.3, -0.25) is 0 Å². The molecule has 0 radical (unpaired) electrons. The summed E-state index contributed by atoms with van der Waals surface area (Å²) in [7, 11) is 0. The number of hydrogen-bond acceptors (Lipinski definition) is 2. The molecule has 0 saturated carbocycles. The standard InChI is InChI=1S/C13H10ClFN2S/c14-9-2-1-3-10(7-9)17-12-5-4-8(13(16)18)6-11(12)15/h1-7,17H,(H2,16,18). The Kier molecular flexibility index (Phi) is 3.79. The van der Waals surface area contributed by atoms with E-state index in [2.05, 4.69) is 5.32 Å². The van der Waals surface area contributed by atoms with Crippen LogP contribution in [0.2, 0.25) is 5.02 Å². The van der Waals surface area contributed by atoms with Crippen molar-refractivity contribution < 1.29 is 4.39 Å². The molecule has 5 heteroatoms. The molecule has 0 aliphatic carbocycles. The molecule has 2 rings (SSSR count). The van der Waals surface area contributed by atoms with E-state index < -0.39 is 5.82 Å². The average Bonchev–Trinajstić information content (AvgIpc) is 2.31. The number of anilines is 2.